The lowest BCUT2D eigenvalue weighted by Gasteiger charge is -2.30. The van der Waals surface area contributed by atoms with E-state index in [0.717, 1.165) is 49.9 Å². The van der Waals surface area contributed by atoms with Gasteiger partial charge in [0.15, 0.2) is 5.78 Å². The zero-order valence-corrected chi connectivity index (χ0v) is 24.4. The summed E-state index contributed by atoms with van der Waals surface area (Å²) in [5.41, 5.74) is 7.30. The van der Waals surface area contributed by atoms with Gasteiger partial charge in [0, 0.05) is 33.0 Å². The maximum Gasteiger partial charge on any atom is 0.317 e. The molecule has 2 atom stereocenters. The van der Waals surface area contributed by atoms with Crippen molar-refractivity contribution in [2.75, 3.05) is 11.9 Å². The Bertz CT molecular complexity index is 1860. The van der Waals surface area contributed by atoms with Gasteiger partial charge in [0.2, 0.25) is 0 Å². The van der Waals surface area contributed by atoms with Gasteiger partial charge in [0.1, 0.15) is 5.92 Å². The molecule has 4 aromatic carbocycles. The molecule has 7 heteroatoms. The van der Waals surface area contributed by atoms with Gasteiger partial charge >= 0.3 is 5.97 Å². The number of fused-ring (bicyclic) bond motifs is 2. The van der Waals surface area contributed by atoms with E-state index in [-0.39, 0.29) is 12.4 Å². The number of allylic oxidation sites excluding steroid dienone is 2. The molecule has 43 heavy (non-hydrogen) atoms. The van der Waals surface area contributed by atoms with Crippen LogP contribution in [0.1, 0.15) is 30.4 Å². The number of hydrogen-bond donors (Lipinski definition) is 1. The minimum absolute atomic E-state index is 0.205. The first-order valence-electron chi connectivity index (χ1n) is 14.4. The van der Waals surface area contributed by atoms with Crippen LogP contribution in [-0.4, -0.2) is 28.1 Å². The first-order chi connectivity index (χ1) is 21.1. The molecule has 2 heterocycles. The Morgan fingerprint density at radius 2 is 1.63 bits per heavy atom. The summed E-state index contributed by atoms with van der Waals surface area (Å²) in [6.07, 6.45) is 4.08. The van der Waals surface area contributed by atoms with Gasteiger partial charge in [-0.05, 0) is 67.0 Å². The summed E-state index contributed by atoms with van der Waals surface area (Å²) in [5, 5.41) is 8.54. The van der Waals surface area contributed by atoms with E-state index in [1.807, 2.05) is 83.7 Å². The zero-order valence-electron chi connectivity index (χ0n) is 23.6. The zero-order chi connectivity index (χ0) is 29.3. The number of para-hydroxylation sites is 2. The van der Waals surface area contributed by atoms with Gasteiger partial charge in [0.25, 0.3) is 0 Å². The molecule has 5 aromatic rings. The predicted molar refractivity (Wildman–Crippen MR) is 170 cm³/mol. The number of hydrogen-bond acceptors (Lipinski definition) is 6. The molecule has 0 fully saturated rings. The average Bonchev–Trinajstić information content (AvgIpc) is 3.50. The van der Waals surface area contributed by atoms with Crippen LogP contribution in [0.3, 0.4) is 0 Å². The summed E-state index contributed by atoms with van der Waals surface area (Å²) in [7, 11) is 0. The lowest BCUT2D eigenvalue weighted by molar-refractivity contribution is -0.151. The number of ether oxygens (including phenoxy) is 1. The number of nitrogens with zero attached hydrogens (tertiary/aromatic N) is 2. The minimum atomic E-state index is -0.960. The standard InChI is InChI=1S/C36H29N3O3S/c1-2-42-36(41)34-27(28-22-39(26-13-7-4-8-14-26)38-35(28)23-11-5-3-6-12-23)19-25(21-31(34)40)24-17-18-33-30(20-24)37-29-15-9-10-16-32(29)43-33/h3-18,20-22,27,34,37H,2,19H2,1H3. The van der Waals surface area contributed by atoms with Crippen molar-refractivity contribution in [3.05, 3.63) is 127 Å². The summed E-state index contributed by atoms with van der Waals surface area (Å²) in [6.45, 7) is 1.97. The molecule has 1 N–H and O–H groups in total. The van der Waals surface area contributed by atoms with Crippen LogP contribution in [0.5, 0.6) is 0 Å². The van der Waals surface area contributed by atoms with Crippen molar-refractivity contribution in [1.82, 2.24) is 9.78 Å². The molecule has 7 rings (SSSR count). The van der Waals surface area contributed by atoms with Crippen molar-refractivity contribution in [2.45, 2.75) is 29.1 Å². The molecule has 2 unspecified atom stereocenters. The number of nitrogens with one attached hydrogen (secondary N) is 1. The molecular formula is C36H29N3O3S. The maximum atomic E-state index is 13.8. The second-order valence-corrected chi connectivity index (χ2v) is 11.7. The van der Waals surface area contributed by atoms with Crippen LogP contribution in [0, 0.1) is 5.92 Å². The largest absolute Gasteiger partial charge is 0.465 e. The first-order valence-corrected chi connectivity index (χ1v) is 15.2. The number of benzene rings is 4. The lowest BCUT2D eigenvalue weighted by Crippen LogP contribution is -2.34. The molecule has 0 amide bonds. The third-order valence-corrected chi connectivity index (χ3v) is 9.09. The molecule has 2 aliphatic rings. The number of anilines is 2. The summed E-state index contributed by atoms with van der Waals surface area (Å²) in [6, 6.07) is 34.3. The molecule has 1 aliphatic heterocycles. The topological polar surface area (TPSA) is 73.2 Å². The Hall–Kier alpha value is -4.88. The molecule has 0 spiro atoms. The lowest BCUT2D eigenvalue weighted by atomic mass is 9.73. The smallest absolute Gasteiger partial charge is 0.317 e. The SMILES string of the molecule is CCOC(=O)C1C(=O)C=C(c2ccc3c(c2)Nc2ccccc2S3)CC1c1cn(-c2ccccc2)nc1-c1ccccc1. The van der Waals surface area contributed by atoms with Gasteiger partial charge < -0.3 is 10.1 Å². The van der Waals surface area contributed by atoms with Crippen LogP contribution in [-0.2, 0) is 14.3 Å². The highest BCUT2D eigenvalue weighted by atomic mass is 32.2. The summed E-state index contributed by atoms with van der Waals surface area (Å²) < 4.78 is 7.29. The molecule has 1 aliphatic carbocycles. The van der Waals surface area contributed by atoms with Crippen LogP contribution in [0.15, 0.2) is 125 Å². The fourth-order valence-electron chi connectivity index (χ4n) is 5.91. The van der Waals surface area contributed by atoms with E-state index in [4.69, 9.17) is 9.84 Å². The van der Waals surface area contributed by atoms with Crippen molar-refractivity contribution in [2.24, 2.45) is 5.92 Å². The molecule has 0 radical (unpaired) electrons. The Morgan fingerprint density at radius 1 is 0.907 bits per heavy atom. The van der Waals surface area contributed by atoms with E-state index in [0.29, 0.717) is 6.42 Å². The van der Waals surface area contributed by atoms with Crippen molar-refractivity contribution in [1.29, 1.82) is 0 Å². The van der Waals surface area contributed by atoms with E-state index in [1.165, 1.54) is 4.90 Å². The fourth-order valence-corrected chi connectivity index (χ4v) is 6.88. The summed E-state index contributed by atoms with van der Waals surface area (Å²) >= 11 is 1.72. The normalized spacial score (nSPS) is 17.3. The second-order valence-electron chi connectivity index (χ2n) is 10.6. The third kappa shape index (κ3) is 5.17. The van der Waals surface area contributed by atoms with E-state index in [9.17, 15) is 9.59 Å². The Labute approximate surface area is 254 Å². The molecule has 6 nitrogen and oxygen atoms in total. The number of aromatic nitrogens is 2. The number of esters is 1. The number of carbonyl (C=O) groups excluding carboxylic acids is 2. The molecule has 0 saturated carbocycles. The van der Waals surface area contributed by atoms with Crippen LogP contribution in [0.25, 0.3) is 22.5 Å². The van der Waals surface area contributed by atoms with E-state index in [2.05, 4.69) is 35.6 Å². The third-order valence-electron chi connectivity index (χ3n) is 7.94. The molecule has 212 valence electrons. The fraction of sp³-hybridized carbons (Fsp3) is 0.139. The minimum Gasteiger partial charge on any atom is -0.465 e. The van der Waals surface area contributed by atoms with Gasteiger partial charge in [-0.1, -0.05) is 78.5 Å². The average molecular weight is 584 g/mol. The quantitative estimate of drug-likeness (QED) is 0.158. The van der Waals surface area contributed by atoms with Gasteiger partial charge in [-0.2, -0.15) is 5.10 Å². The van der Waals surface area contributed by atoms with Crippen molar-refractivity contribution in [3.63, 3.8) is 0 Å². The Balaban J connectivity index is 1.32. The predicted octanol–water partition coefficient (Wildman–Crippen LogP) is 8.07. The number of rotatable bonds is 6. The van der Waals surface area contributed by atoms with Crippen LogP contribution in [0.4, 0.5) is 11.4 Å². The van der Waals surface area contributed by atoms with Crippen molar-refractivity contribution < 1.29 is 14.3 Å². The number of ketones is 1. The first kappa shape index (κ1) is 27.0. The molecule has 0 saturated heterocycles. The monoisotopic (exact) mass is 583 g/mol. The summed E-state index contributed by atoms with van der Waals surface area (Å²) in [4.78, 5) is 29.5. The Kier molecular flexibility index (Phi) is 7.17. The van der Waals surface area contributed by atoms with E-state index >= 15 is 0 Å². The van der Waals surface area contributed by atoms with Gasteiger partial charge in [-0.3, -0.25) is 9.59 Å². The van der Waals surface area contributed by atoms with Crippen LogP contribution >= 0.6 is 11.8 Å². The van der Waals surface area contributed by atoms with Crippen LogP contribution in [0.2, 0.25) is 0 Å². The highest BCUT2D eigenvalue weighted by Gasteiger charge is 2.42. The molecular weight excluding hydrogens is 554 g/mol. The van der Waals surface area contributed by atoms with Crippen molar-refractivity contribution >= 4 is 40.5 Å². The van der Waals surface area contributed by atoms with E-state index < -0.39 is 17.8 Å². The maximum absolute atomic E-state index is 13.8. The second kappa shape index (κ2) is 11.4. The molecule has 0 bridgehead atoms. The van der Waals surface area contributed by atoms with Gasteiger partial charge in [-0.15, -0.1) is 0 Å². The number of carbonyl (C=O) groups is 2. The van der Waals surface area contributed by atoms with Crippen molar-refractivity contribution in [3.8, 4) is 16.9 Å². The Morgan fingerprint density at radius 3 is 2.42 bits per heavy atom. The van der Waals surface area contributed by atoms with Crippen LogP contribution < -0.4 is 5.32 Å². The highest BCUT2D eigenvalue weighted by Crippen LogP contribution is 2.47. The summed E-state index contributed by atoms with van der Waals surface area (Å²) in [5.74, 6) is -2.17. The van der Waals surface area contributed by atoms with E-state index in [1.54, 1.807) is 24.8 Å². The molecule has 1 aromatic heterocycles. The van der Waals surface area contributed by atoms with Gasteiger partial charge in [0.05, 0.1) is 29.4 Å². The highest BCUT2D eigenvalue weighted by molar-refractivity contribution is 7.99. The van der Waals surface area contributed by atoms with Gasteiger partial charge in [-0.25, -0.2) is 4.68 Å².